The SMILES string of the molecule is COc1ccc([N+](=O)[O-])cc1NC(=O)COC(=O)CSc1ccc2c(c1)CCC2. The normalized spacial score (nSPS) is 12.2. The van der Waals surface area contributed by atoms with Crippen LogP contribution in [0.5, 0.6) is 5.75 Å². The Labute approximate surface area is 171 Å². The lowest BCUT2D eigenvalue weighted by Crippen LogP contribution is -2.22. The molecule has 1 amide bonds. The van der Waals surface area contributed by atoms with Crippen LogP contribution >= 0.6 is 11.8 Å². The van der Waals surface area contributed by atoms with Gasteiger partial charge in [-0.15, -0.1) is 11.8 Å². The second-order valence-corrected chi connectivity index (χ2v) is 7.47. The maximum Gasteiger partial charge on any atom is 0.316 e. The number of fused-ring (bicyclic) bond motifs is 1. The molecule has 1 aliphatic carbocycles. The van der Waals surface area contributed by atoms with E-state index in [1.54, 1.807) is 0 Å². The quantitative estimate of drug-likeness (QED) is 0.304. The summed E-state index contributed by atoms with van der Waals surface area (Å²) in [7, 11) is 1.38. The Morgan fingerprint density at radius 2 is 1.97 bits per heavy atom. The number of anilines is 1. The highest BCUT2D eigenvalue weighted by Crippen LogP contribution is 2.29. The van der Waals surface area contributed by atoms with Crippen molar-refractivity contribution in [2.75, 3.05) is 24.8 Å². The molecule has 8 nitrogen and oxygen atoms in total. The Hall–Kier alpha value is -3.07. The molecule has 0 bridgehead atoms. The number of hydrogen-bond acceptors (Lipinski definition) is 7. The number of esters is 1. The summed E-state index contributed by atoms with van der Waals surface area (Å²) in [5.74, 6) is -0.773. The predicted molar refractivity (Wildman–Crippen MR) is 108 cm³/mol. The number of rotatable bonds is 8. The zero-order valence-electron chi connectivity index (χ0n) is 15.8. The zero-order valence-corrected chi connectivity index (χ0v) is 16.6. The van der Waals surface area contributed by atoms with Crippen LogP contribution in [-0.2, 0) is 27.2 Å². The second kappa shape index (κ2) is 9.42. The van der Waals surface area contributed by atoms with Crippen molar-refractivity contribution in [1.29, 1.82) is 0 Å². The van der Waals surface area contributed by atoms with E-state index in [4.69, 9.17) is 9.47 Å². The number of carbonyl (C=O) groups is 2. The first-order chi connectivity index (χ1) is 14.0. The standard InChI is InChI=1S/C20H20N2O6S/c1-27-18-8-6-15(22(25)26)10-17(18)21-19(23)11-28-20(24)12-29-16-7-5-13-3-2-4-14(13)9-16/h5-10H,2-4,11-12H2,1H3,(H,21,23). The van der Waals surface area contributed by atoms with Crippen molar-refractivity contribution in [2.45, 2.75) is 24.2 Å². The minimum atomic E-state index is -0.611. The van der Waals surface area contributed by atoms with Crippen molar-refractivity contribution in [3.63, 3.8) is 0 Å². The van der Waals surface area contributed by atoms with Crippen LogP contribution in [0.1, 0.15) is 17.5 Å². The fourth-order valence-corrected chi connectivity index (χ4v) is 3.82. The molecule has 0 unspecified atom stereocenters. The Kier molecular flexibility index (Phi) is 6.71. The molecule has 0 fully saturated rings. The first kappa shape index (κ1) is 20.7. The third-order valence-electron chi connectivity index (χ3n) is 4.46. The fraction of sp³-hybridized carbons (Fsp3) is 0.300. The van der Waals surface area contributed by atoms with Crippen molar-refractivity contribution >= 4 is 35.0 Å². The maximum atomic E-state index is 12.0. The summed E-state index contributed by atoms with van der Waals surface area (Å²) in [6.07, 6.45) is 3.33. The van der Waals surface area contributed by atoms with Crippen molar-refractivity contribution < 1.29 is 24.0 Å². The molecule has 29 heavy (non-hydrogen) atoms. The number of thioether (sulfide) groups is 1. The van der Waals surface area contributed by atoms with Crippen LogP contribution < -0.4 is 10.1 Å². The molecule has 0 aliphatic heterocycles. The van der Waals surface area contributed by atoms with Crippen LogP contribution in [0.3, 0.4) is 0 Å². The number of benzene rings is 2. The highest BCUT2D eigenvalue weighted by molar-refractivity contribution is 8.00. The Morgan fingerprint density at radius 1 is 1.17 bits per heavy atom. The van der Waals surface area contributed by atoms with E-state index < -0.39 is 23.4 Å². The number of aryl methyl sites for hydroxylation is 2. The molecule has 0 spiro atoms. The van der Waals surface area contributed by atoms with Gasteiger partial charge in [-0.25, -0.2) is 0 Å². The van der Waals surface area contributed by atoms with Crippen molar-refractivity contribution in [3.05, 3.63) is 57.6 Å². The van der Waals surface area contributed by atoms with Gasteiger partial charge in [0.15, 0.2) is 6.61 Å². The van der Waals surface area contributed by atoms with E-state index in [0.29, 0.717) is 0 Å². The van der Waals surface area contributed by atoms with Crippen LogP contribution in [0.25, 0.3) is 0 Å². The second-order valence-electron chi connectivity index (χ2n) is 6.42. The van der Waals surface area contributed by atoms with E-state index in [2.05, 4.69) is 17.4 Å². The monoisotopic (exact) mass is 416 g/mol. The number of nitrogens with zero attached hydrogens (tertiary/aromatic N) is 1. The van der Waals surface area contributed by atoms with Gasteiger partial charge in [-0.3, -0.25) is 19.7 Å². The Bertz CT molecular complexity index is 947. The maximum absolute atomic E-state index is 12.0. The number of amides is 1. The van der Waals surface area contributed by atoms with Gasteiger partial charge in [0, 0.05) is 17.0 Å². The molecule has 0 heterocycles. The molecule has 0 radical (unpaired) electrons. The first-order valence-corrected chi connectivity index (χ1v) is 9.97. The van der Waals surface area contributed by atoms with Gasteiger partial charge in [-0.2, -0.15) is 0 Å². The summed E-state index contributed by atoms with van der Waals surface area (Å²) in [5.41, 5.74) is 2.64. The predicted octanol–water partition coefficient (Wildman–Crippen LogP) is 3.37. The molecule has 152 valence electrons. The van der Waals surface area contributed by atoms with Crippen molar-refractivity contribution in [1.82, 2.24) is 0 Å². The van der Waals surface area contributed by atoms with Crippen LogP contribution in [0.4, 0.5) is 11.4 Å². The van der Waals surface area contributed by atoms with E-state index in [9.17, 15) is 19.7 Å². The van der Waals surface area contributed by atoms with Gasteiger partial charge < -0.3 is 14.8 Å². The van der Waals surface area contributed by atoms with Gasteiger partial charge in [0.05, 0.1) is 23.5 Å². The van der Waals surface area contributed by atoms with Crippen LogP contribution in [0.2, 0.25) is 0 Å². The number of hydrogen-bond donors (Lipinski definition) is 1. The Morgan fingerprint density at radius 3 is 2.72 bits per heavy atom. The smallest absolute Gasteiger partial charge is 0.316 e. The van der Waals surface area contributed by atoms with Gasteiger partial charge in [-0.05, 0) is 48.6 Å². The molecule has 2 aromatic rings. The third kappa shape index (κ3) is 5.47. The molecular weight excluding hydrogens is 396 g/mol. The van der Waals surface area contributed by atoms with Crippen LogP contribution in [0, 0.1) is 10.1 Å². The topological polar surface area (TPSA) is 108 Å². The minimum Gasteiger partial charge on any atom is -0.495 e. The van der Waals surface area contributed by atoms with Gasteiger partial charge in [0.2, 0.25) is 0 Å². The lowest BCUT2D eigenvalue weighted by molar-refractivity contribution is -0.384. The average Bonchev–Trinajstić information content (AvgIpc) is 3.18. The minimum absolute atomic E-state index is 0.0895. The third-order valence-corrected chi connectivity index (χ3v) is 5.43. The van der Waals surface area contributed by atoms with E-state index >= 15 is 0 Å². The first-order valence-electron chi connectivity index (χ1n) is 8.99. The molecule has 1 N–H and O–H groups in total. The lowest BCUT2D eigenvalue weighted by Gasteiger charge is -2.10. The summed E-state index contributed by atoms with van der Waals surface area (Å²) in [6.45, 7) is -0.491. The molecule has 2 aromatic carbocycles. The number of ether oxygens (including phenoxy) is 2. The summed E-state index contributed by atoms with van der Waals surface area (Å²) in [4.78, 5) is 35.3. The number of non-ortho nitro benzene ring substituents is 1. The molecule has 1 aliphatic rings. The van der Waals surface area contributed by atoms with Crippen molar-refractivity contribution in [3.8, 4) is 5.75 Å². The molecule has 0 atom stereocenters. The lowest BCUT2D eigenvalue weighted by atomic mass is 10.1. The summed E-state index contributed by atoms with van der Waals surface area (Å²) in [6, 6.07) is 10.0. The number of nitro benzene ring substituents is 1. The van der Waals surface area contributed by atoms with Gasteiger partial charge in [-0.1, -0.05) is 6.07 Å². The molecule has 9 heteroatoms. The van der Waals surface area contributed by atoms with Gasteiger partial charge in [0.1, 0.15) is 5.75 Å². The number of carbonyl (C=O) groups excluding carboxylic acids is 2. The van der Waals surface area contributed by atoms with E-state index in [-0.39, 0.29) is 22.9 Å². The highest BCUT2D eigenvalue weighted by Gasteiger charge is 2.16. The van der Waals surface area contributed by atoms with Crippen LogP contribution in [-0.4, -0.2) is 36.3 Å². The van der Waals surface area contributed by atoms with Crippen molar-refractivity contribution in [2.24, 2.45) is 0 Å². The summed E-state index contributed by atoms with van der Waals surface area (Å²) in [5, 5.41) is 13.3. The molecule has 0 saturated carbocycles. The molecule has 0 saturated heterocycles. The summed E-state index contributed by atoms with van der Waals surface area (Å²) >= 11 is 1.36. The summed E-state index contributed by atoms with van der Waals surface area (Å²) < 4.78 is 10.1. The molecule has 0 aromatic heterocycles. The zero-order chi connectivity index (χ0) is 20.8. The van der Waals surface area contributed by atoms with Gasteiger partial charge >= 0.3 is 5.97 Å². The molecule has 3 rings (SSSR count). The molecular formula is C20H20N2O6S. The Balaban J connectivity index is 1.48. The van der Waals surface area contributed by atoms with E-state index in [0.717, 1.165) is 24.2 Å². The fourth-order valence-electron chi connectivity index (χ4n) is 3.06. The number of methoxy groups -OCH3 is 1. The van der Waals surface area contributed by atoms with Crippen LogP contribution in [0.15, 0.2) is 41.3 Å². The largest absolute Gasteiger partial charge is 0.495 e. The average molecular weight is 416 g/mol. The highest BCUT2D eigenvalue weighted by atomic mass is 32.2. The van der Waals surface area contributed by atoms with Gasteiger partial charge in [0.25, 0.3) is 11.6 Å². The number of nitrogens with one attached hydrogen (secondary N) is 1. The van der Waals surface area contributed by atoms with E-state index in [1.807, 2.05) is 6.07 Å². The van der Waals surface area contributed by atoms with E-state index in [1.165, 1.54) is 48.2 Å². The number of nitro groups is 1.